The van der Waals surface area contributed by atoms with Gasteiger partial charge < -0.3 is 5.11 Å². The van der Waals surface area contributed by atoms with Crippen LogP contribution in [0.1, 0.15) is 61.3 Å². The number of rotatable bonds is 7. The molecule has 3 heteroatoms. The van der Waals surface area contributed by atoms with Gasteiger partial charge in [-0.05, 0) is 36.8 Å². The zero-order chi connectivity index (χ0) is 15.3. The Morgan fingerprint density at radius 2 is 1.30 bits per heavy atom. The van der Waals surface area contributed by atoms with Crippen molar-refractivity contribution in [1.29, 1.82) is 0 Å². The molecule has 1 aromatic carbocycles. The predicted molar refractivity (Wildman–Crippen MR) is 80.1 cm³/mol. The average Bonchev–Trinajstić information content (AvgIpc) is 2.36. The highest BCUT2D eigenvalue weighted by Gasteiger charge is 2.22. The fourth-order valence-corrected chi connectivity index (χ4v) is 2.46. The van der Waals surface area contributed by atoms with Crippen molar-refractivity contribution >= 4 is 11.8 Å². The largest absolute Gasteiger partial charge is 0.478 e. The number of benzene rings is 1. The minimum atomic E-state index is -0.968. The van der Waals surface area contributed by atoms with Crippen molar-refractivity contribution < 1.29 is 14.7 Å². The smallest absolute Gasteiger partial charge is 0.335 e. The monoisotopic (exact) mass is 276 g/mol. The fraction of sp³-hybridized carbons (Fsp3) is 0.529. The van der Waals surface area contributed by atoms with E-state index in [2.05, 4.69) is 27.7 Å². The Kier molecular flexibility index (Phi) is 5.93. The molecule has 20 heavy (non-hydrogen) atoms. The first-order chi connectivity index (χ1) is 9.31. The lowest BCUT2D eigenvalue weighted by Crippen LogP contribution is -2.19. The third kappa shape index (κ3) is 4.80. The van der Waals surface area contributed by atoms with Crippen LogP contribution in [0.2, 0.25) is 0 Å². The van der Waals surface area contributed by atoms with Crippen molar-refractivity contribution in [2.75, 3.05) is 0 Å². The van der Waals surface area contributed by atoms with E-state index in [9.17, 15) is 9.59 Å². The zero-order valence-corrected chi connectivity index (χ0v) is 12.7. The fourth-order valence-electron chi connectivity index (χ4n) is 2.46. The van der Waals surface area contributed by atoms with Gasteiger partial charge >= 0.3 is 5.97 Å². The molecule has 3 nitrogen and oxygen atoms in total. The lowest BCUT2D eigenvalue weighted by molar-refractivity contribution is 0.0696. The van der Waals surface area contributed by atoms with Gasteiger partial charge in [0.2, 0.25) is 0 Å². The highest BCUT2D eigenvalue weighted by atomic mass is 16.4. The number of hydrogen-bond acceptors (Lipinski definition) is 2. The predicted octanol–water partition coefficient (Wildman–Crippen LogP) is 4.28. The second-order valence-electron chi connectivity index (χ2n) is 6.20. The molecular weight excluding hydrogens is 252 g/mol. The molecule has 1 rings (SSSR count). The van der Waals surface area contributed by atoms with Crippen LogP contribution in [0.4, 0.5) is 0 Å². The summed E-state index contributed by atoms with van der Waals surface area (Å²) in [5.41, 5.74) is 0.826. The summed E-state index contributed by atoms with van der Waals surface area (Å²) < 4.78 is 0. The van der Waals surface area contributed by atoms with Crippen molar-refractivity contribution in [1.82, 2.24) is 0 Å². The van der Waals surface area contributed by atoms with Gasteiger partial charge in [0.25, 0.3) is 0 Å². The number of carboxylic acids is 1. The topological polar surface area (TPSA) is 54.4 Å². The first-order valence-corrected chi connectivity index (χ1v) is 7.18. The van der Waals surface area contributed by atoms with Crippen LogP contribution in [-0.4, -0.2) is 16.9 Å². The minimum absolute atomic E-state index is 0.0191. The number of hydrogen-bond donors (Lipinski definition) is 1. The molecule has 0 spiro atoms. The molecule has 1 aromatic rings. The maximum atomic E-state index is 12.5. The van der Waals surface area contributed by atoms with E-state index in [0.29, 0.717) is 17.4 Å². The van der Waals surface area contributed by atoms with E-state index in [4.69, 9.17) is 5.11 Å². The highest BCUT2D eigenvalue weighted by Crippen LogP contribution is 2.24. The molecule has 0 aromatic heterocycles. The summed E-state index contributed by atoms with van der Waals surface area (Å²) in [6, 6.07) is 6.24. The number of carboxylic acid groups (broad SMARTS) is 1. The van der Waals surface area contributed by atoms with Crippen molar-refractivity contribution in [3.05, 3.63) is 35.4 Å². The van der Waals surface area contributed by atoms with Crippen LogP contribution in [0.3, 0.4) is 0 Å². The molecule has 0 fully saturated rings. The molecule has 110 valence electrons. The van der Waals surface area contributed by atoms with Gasteiger partial charge in [0.1, 0.15) is 0 Å². The molecule has 0 radical (unpaired) electrons. The van der Waals surface area contributed by atoms with Crippen LogP contribution >= 0.6 is 0 Å². The Labute approximate surface area is 121 Å². The Balaban J connectivity index is 2.90. The number of carbonyl (C=O) groups is 2. The summed E-state index contributed by atoms with van der Waals surface area (Å²) in [7, 11) is 0. The third-order valence-electron chi connectivity index (χ3n) is 3.30. The molecule has 0 bridgehead atoms. The summed E-state index contributed by atoms with van der Waals surface area (Å²) >= 11 is 0. The van der Waals surface area contributed by atoms with Gasteiger partial charge in [-0.3, -0.25) is 4.79 Å². The SMILES string of the molecule is CC(C)CC(CC(C)C)C(=O)c1ccc(C(=O)O)cc1. The Hall–Kier alpha value is -1.64. The molecule has 1 N–H and O–H groups in total. The van der Waals surface area contributed by atoms with Crippen molar-refractivity contribution in [3.63, 3.8) is 0 Å². The maximum Gasteiger partial charge on any atom is 0.335 e. The maximum absolute atomic E-state index is 12.5. The van der Waals surface area contributed by atoms with Gasteiger partial charge in [-0.25, -0.2) is 4.79 Å². The quantitative estimate of drug-likeness (QED) is 0.756. The molecule has 0 aliphatic heterocycles. The van der Waals surface area contributed by atoms with Crippen molar-refractivity contribution in [2.24, 2.45) is 17.8 Å². The number of aromatic carboxylic acids is 1. The molecule has 0 atom stereocenters. The van der Waals surface area contributed by atoms with Crippen LogP contribution in [-0.2, 0) is 0 Å². The van der Waals surface area contributed by atoms with E-state index in [1.54, 1.807) is 12.1 Å². The molecule has 0 saturated heterocycles. The molecule has 0 aliphatic carbocycles. The van der Waals surface area contributed by atoms with Crippen molar-refractivity contribution in [3.8, 4) is 0 Å². The van der Waals surface area contributed by atoms with E-state index in [-0.39, 0.29) is 17.3 Å². The van der Waals surface area contributed by atoms with Crippen LogP contribution in [0.15, 0.2) is 24.3 Å². The minimum Gasteiger partial charge on any atom is -0.478 e. The van der Waals surface area contributed by atoms with E-state index in [1.807, 2.05) is 0 Å². The average molecular weight is 276 g/mol. The standard InChI is InChI=1S/C17H24O3/c1-11(2)9-15(10-12(3)4)16(18)13-5-7-14(8-6-13)17(19)20/h5-8,11-12,15H,9-10H2,1-4H3,(H,19,20). The number of carbonyl (C=O) groups excluding carboxylic acids is 1. The molecule has 0 amide bonds. The Morgan fingerprint density at radius 1 is 0.900 bits per heavy atom. The second kappa shape index (κ2) is 7.22. The summed E-state index contributed by atoms with van der Waals surface area (Å²) in [5.74, 6) is 0.127. The van der Waals surface area contributed by atoms with E-state index in [0.717, 1.165) is 12.8 Å². The van der Waals surface area contributed by atoms with Crippen LogP contribution in [0.5, 0.6) is 0 Å². The summed E-state index contributed by atoms with van der Waals surface area (Å²) in [6.45, 7) is 8.48. The highest BCUT2D eigenvalue weighted by molar-refractivity contribution is 5.98. The van der Waals surface area contributed by atoms with Gasteiger partial charge in [0.15, 0.2) is 5.78 Å². The number of ketones is 1. The Bertz CT molecular complexity index is 448. The number of Topliss-reactive ketones (excluding diaryl/α,β-unsaturated/α-hetero) is 1. The molecule has 0 saturated carbocycles. The van der Waals surface area contributed by atoms with Gasteiger partial charge in [-0.15, -0.1) is 0 Å². The van der Waals surface area contributed by atoms with Crippen LogP contribution < -0.4 is 0 Å². The molecule has 0 unspecified atom stereocenters. The normalized spacial score (nSPS) is 11.3. The second-order valence-corrected chi connectivity index (χ2v) is 6.20. The van der Waals surface area contributed by atoms with Crippen LogP contribution in [0.25, 0.3) is 0 Å². The van der Waals surface area contributed by atoms with Crippen molar-refractivity contribution in [2.45, 2.75) is 40.5 Å². The third-order valence-corrected chi connectivity index (χ3v) is 3.30. The lowest BCUT2D eigenvalue weighted by Gasteiger charge is -2.20. The Morgan fingerprint density at radius 3 is 1.65 bits per heavy atom. The molecule has 0 heterocycles. The van der Waals surface area contributed by atoms with E-state index >= 15 is 0 Å². The summed E-state index contributed by atoms with van der Waals surface area (Å²) in [4.78, 5) is 23.4. The zero-order valence-electron chi connectivity index (χ0n) is 12.7. The van der Waals surface area contributed by atoms with E-state index in [1.165, 1.54) is 12.1 Å². The summed E-state index contributed by atoms with van der Waals surface area (Å²) in [5, 5.41) is 8.88. The van der Waals surface area contributed by atoms with Gasteiger partial charge in [-0.1, -0.05) is 39.8 Å². The first kappa shape index (κ1) is 16.4. The molecule has 0 aliphatic rings. The van der Waals surface area contributed by atoms with Crippen LogP contribution in [0, 0.1) is 17.8 Å². The van der Waals surface area contributed by atoms with E-state index < -0.39 is 5.97 Å². The van der Waals surface area contributed by atoms with Gasteiger partial charge in [0, 0.05) is 11.5 Å². The lowest BCUT2D eigenvalue weighted by atomic mass is 9.84. The molecular formula is C17H24O3. The first-order valence-electron chi connectivity index (χ1n) is 7.18. The van der Waals surface area contributed by atoms with Gasteiger partial charge in [-0.2, -0.15) is 0 Å². The summed E-state index contributed by atoms with van der Waals surface area (Å²) in [6.07, 6.45) is 1.75. The van der Waals surface area contributed by atoms with Gasteiger partial charge in [0.05, 0.1) is 5.56 Å².